The number of Topliss-reactive ketones (excluding diaryl/α,β-unsaturated/α-hetero) is 1. The topological polar surface area (TPSA) is 61.8 Å². The molecule has 0 saturated heterocycles. The number of rotatable bonds is 5. The molecule has 3 aliphatic rings. The number of hydrogen-bond donors (Lipinski definition) is 1. The number of ketones is 1. The standard InChI is InChI=1S/C23H29N3O2/c1-5-26(15(2)3)17-12-10-16(11-13-17)25-21-14-20(23(28)24-4)22(27)19-9-7-6-8-18(19)21/h6,8,10,12,14-15H,5,7,9,11,13H2,1-4H3,(H,24,28). The van der Waals surface area contributed by atoms with Gasteiger partial charge in [-0.25, -0.2) is 0 Å². The number of amides is 1. The van der Waals surface area contributed by atoms with Gasteiger partial charge >= 0.3 is 0 Å². The van der Waals surface area contributed by atoms with Gasteiger partial charge in [-0.1, -0.05) is 12.2 Å². The molecule has 3 aliphatic carbocycles. The zero-order valence-corrected chi connectivity index (χ0v) is 17.2. The Labute approximate surface area is 167 Å². The van der Waals surface area contributed by atoms with Gasteiger partial charge in [-0.05, 0) is 64.7 Å². The maximum absolute atomic E-state index is 12.7. The van der Waals surface area contributed by atoms with Gasteiger partial charge < -0.3 is 10.2 Å². The summed E-state index contributed by atoms with van der Waals surface area (Å²) in [6.45, 7) is 7.57. The van der Waals surface area contributed by atoms with E-state index in [4.69, 9.17) is 4.99 Å². The lowest BCUT2D eigenvalue weighted by Gasteiger charge is -2.31. The average molecular weight is 380 g/mol. The molecule has 0 atom stereocenters. The minimum atomic E-state index is -0.353. The molecule has 0 aromatic rings. The summed E-state index contributed by atoms with van der Waals surface area (Å²) in [6.07, 6.45) is 13.1. The van der Waals surface area contributed by atoms with E-state index < -0.39 is 0 Å². The van der Waals surface area contributed by atoms with Crippen LogP contribution < -0.4 is 5.32 Å². The molecule has 0 aromatic carbocycles. The minimum Gasteiger partial charge on any atom is -0.373 e. The summed E-state index contributed by atoms with van der Waals surface area (Å²) >= 11 is 0. The molecule has 5 nitrogen and oxygen atoms in total. The van der Waals surface area contributed by atoms with Crippen molar-refractivity contribution in [2.75, 3.05) is 13.6 Å². The summed E-state index contributed by atoms with van der Waals surface area (Å²) in [6, 6.07) is 0.472. The fourth-order valence-corrected chi connectivity index (χ4v) is 3.98. The van der Waals surface area contributed by atoms with Crippen molar-refractivity contribution in [3.8, 4) is 0 Å². The predicted octanol–water partition coefficient (Wildman–Crippen LogP) is 3.62. The Morgan fingerprint density at radius 3 is 2.64 bits per heavy atom. The van der Waals surface area contributed by atoms with Gasteiger partial charge in [0.25, 0.3) is 5.91 Å². The van der Waals surface area contributed by atoms with Crippen LogP contribution in [0.15, 0.2) is 63.5 Å². The molecular formula is C23H29N3O2. The van der Waals surface area contributed by atoms with E-state index in [1.54, 1.807) is 13.1 Å². The van der Waals surface area contributed by atoms with Gasteiger partial charge in [0, 0.05) is 42.2 Å². The number of nitrogens with zero attached hydrogens (tertiary/aromatic N) is 2. The second-order valence-electron chi connectivity index (χ2n) is 7.49. The van der Waals surface area contributed by atoms with Crippen molar-refractivity contribution < 1.29 is 9.59 Å². The molecule has 0 heterocycles. The number of likely N-dealkylation sites (N-methyl/N-ethyl adjacent to an activating group) is 1. The van der Waals surface area contributed by atoms with E-state index in [0.29, 0.717) is 23.7 Å². The monoisotopic (exact) mass is 379 g/mol. The third-order valence-electron chi connectivity index (χ3n) is 5.42. The van der Waals surface area contributed by atoms with Gasteiger partial charge in [0.1, 0.15) is 0 Å². The van der Waals surface area contributed by atoms with E-state index >= 15 is 0 Å². The smallest absolute Gasteiger partial charge is 0.255 e. The van der Waals surface area contributed by atoms with Gasteiger partial charge in [-0.15, -0.1) is 0 Å². The van der Waals surface area contributed by atoms with Crippen LogP contribution in [0, 0.1) is 0 Å². The number of carbonyl (C=O) groups is 2. The highest BCUT2D eigenvalue weighted by Gasteiger charge is 2.30. The highest BCUT2D eigenvalue weighted by atomic mass is 16.2. The Morgan fingerprint density at radius 2 is 2.04 bits per heavy atom. The Hall–Kier alpha value is -2.69. The predicted molar refractivity (Wildman–Crippen MR) is 113 cm³/mol. The summed E-state index contributed by atoms with van der Waals surface area (Å²) in [5.41, 5.74) is 4.76. The molecule has 0 spiro atoms. The number of nitrogens with one attached hydrogen (secondary N) is 1. The van der Waals surface area contributed by atoms with Crippen molar-refractivity contribution >= 4 is 17.4 Å². The third-order valence-corrected chi connectivity index (χ3v) is 5.42. The second-order valence-corrected chi connectivity index (χ2v) is 7.49. The second kappa shape index (κ2) is 8.55. The van der Waals surface area contributed by atoms with E-state index in [9.17, 15) is 9.59 Å². The fraction of sp³-hybridized carbons (Fsp3) is 0.435. The van der Waals surface area contributed by atoms with Crippen molar-refractivity contribution in [1.82, 2.24) is 10.2 Å². The quantitative estimate of drug-likeness (QED) is 0.586. The largest absolute Gasteiger partial charge is 0.373 e. The summed E-state index contributed by atoms with van der Waals surface area (Å²) in [4.78, 5) is 32.1. The lowest BCUT2D eigenvalue weighted by atomic mass is 9.83. The first-order valence-electron chi connectivity index (χ1n) is 10.1. The Bertz CT molecular complexity index is 866. The van der Waals surface area contributed by atoms with Crippen molar-refractivity contribution in [3.05, 3.63) is 58.5 Å². The van der Waals surface area contributed by atoms with Crippen LogP contribution >= 0.6 is 0 Å². The number of aliphatic imine (C=N–C) groups is 1. The van der Waals surface area contributed by atoms with Gasteiger partial charge in [0.05, 0.1) is 11.3 Å². The molecule has 0 fully saturated rings. The molecule has 3 rings (SSSR count). The molecule has 0 bridgehead atoms. The Balaban J connectivity index is 1.96. The van der Waals surface area contributed by atoms with E-state index in [-0.39, 0.29) is 17.3 Å². The van der Waals surface area contributed by atoms with Crippen LogP contribution in [-0.4, -0.2) is 41.9 Å². The molecule has 0 aromatic heterocycles. The number of carbonyl (C=O) groups excluding carboxylic acids is 2. The maximum Gasteiger partial charge on any atom is 0.255 e. The van der Waals surface area contributed by atoms with Gasteiger partial charge in [-0.2, -0.15) is 0 Å². The third kappa shape index (κ3) is 3.93. The molecule has 1 amide bonds. The molecule has 0 aliphatic heterocycles. The lowest BCUT2D eigenvalue weighted by Crippen LogP contribution is -2.31. The normalized spacial score (nSPS) is 20.7. The van der Waals surface area contributed by atoms with Crippen molar-refractivity contribution in [2.45, 2.75) is 52.5 Å². The number of hydrogen-bond acceptors (Lipinski definition) is 4. The van der Waals surface area contributed by atoms with E-state index in [1.807, 2.05) is 6.08 Å². The Morgan fingerprint density at radius 1 is 1.25 bits per heavy atom. The van der Waals surface area contributed by atoms with E-state index in [2.05, 4.69) is 49.2 Å². The summed E-state index contributed by atoms with van der Waals surface area (Å²) in [5.74, 6) is -0.526. The van der Waals surface area contributed by atoms with Crippen molar-refractivity contribution in [3.63, 3.8) is 0 Å². The molecule has 0 radical (unpaired) electrons. The maximum atomic E-state index is 12.7. The van der Waals surface area contributed by atoms with E-state index in [0.717, 1.165) is 37.1 Å². The highest BCUT2D eigenvalue weighted by molar-refractivity contribution is 6.35. The fourth-order valence-electron chi connectivity index (χ4n) is 3.98. The lowest BCUT2D eigenvalue weighted by molar-refractivity contribution is -0.121. The average Bonchev–Trinajstić information content (AvgIpc) is 2.71. The van der Waals surface area contributed by atoms with Gasteiger partial charge in [0.2, 0.25) is 0 Å². The highest BCUT2D eigenvalue weighted by Crippen LogP contribution is 2.30. The first-order chi connectivity index (χ1) is 13.5. The number of allylic oxidation sites excluding steroid dienone is 9. The molecule has 0 unspecified atom stereocenters. The molecule has 0 saturated carbocycles. The van der Waals surface area contributed by atoms with Crippen LogP contribution in [0.5, 0.6) is 0 Å². The minimum absolute atomic E-state index is 0.173. The summed E-state index contributed by atoms with van der Waals surface area (Å²) in [5, 5.41) is 2.57. The van der Waals surface area contributed by atoms with Crippen LogP contribution in [0.1, 0.15) is 46.5 Å². The van der Waals surface area contributed by atoms with Crippen LogP contribution in [0.25, 0.3) is 0 Å². The van der Waals surface area contributed by atoms with Gasteiger partial charge in [0.15, 0.2) is 5.78 Å². The molecule has 28 heavy (non-hydrogen) atoms. The van der Waals surface area contributed by atoms with Crippen LogP contribution in [-0.2, 0) is 9.59 Å². The molecular weight excluding hydrogens is 350 g/mol. The zero-order chi connectivity index (χ0) is 20.3. The molecule has 1 N–H and O–H groups in total. The first kappa shape index (κ1) is 20.1. The van der Waals surface area contributed by atoms with Crippen molar-refractivity contribution in [2.24, 2.45) is 4.99 Å². The molecule has 5 heteroatoms. The van der Waals surface area contributed by atoms with Crippen molar-refractivity contribution in [1.29, 1.82) is 0 Å². The van der Waals surface area contributed by atoms with Crippen LogP contribution in [0.4, 0.5) is 0 Å². The van der Waals surface area contributed by atoms with Crippen LogP contribution in [0.3, 0.4) is 0 Å². The summed E-state index contributed by atoms with van der Waals surface area (Å²) < 4.78 is 0. The van der Waals surface area contributed by atoms with E-state index in [1.165, 1.54) is 5.70 Å². The summed E-state index contributed by atoms with van der Waals surface area (Å²) in [7, 11) is 1.54. The zero-order valence-electron chi connectivity index (χ0n) is 17.2. The first-order valence-corrected chi connectivity index (χ1v) is 10.1. The van der Waals surface area contributed by atoms with Gasteiger partial charge in [-0.3, -0.25) is 14.6 Å². The SMILES string of the molecule is CCN(C1=CC=C(N=C2C=C(C(=O)NC)C(=O)C3=C2C=CCC3)CC1)C(C)C. The van der Waals surface area contributed by atoms with Crippen LogP contribution in [0.2, 0.25) is 0 Å². The Kier molecular flexibility index (Phi) is 6.12. The molecule has 148 valence electrons.